The molecule has 0 aliphatic carbocycles. The van der Waals surface area contributed by atoms with Gasteiger partial charge >= 0.3 is 5.97 Å². The smallest absolute Gasteiger partial charge is 0.336 e. The lowest BCUT2D eigenvalue weighted by Gasteiger charge is -2.28. The molecule has 0 bridgehead atoms. The number of methoxy groups -OCH3 is 1. The van der Waals surface area contributed by atoms with E-state index in [9.17, 15) is 9.59 Å². The van der Waals surface area contributed by atoms with Crippen LogP contribution < -0.4 is 0 Å². The van der Waals surface area contributed by atoms with E-state index in [0.717, 1.165) is 0 Å². The van der Waals surface area contributed by atoms with Gasteiger partial charge < -0.3 is 9.16 Å². The molecule has 0 aliphatic heterocycles. The van der Waals surface area contributed by atoms with E-state index >= 15 is 0 Å². The first-order valence-corrected chi connectivity index (χ1v) is 12.8. The molecule has 0 amide bonds. The van der Waals surface area contributed by atoms with E-state index in [1.54, 1.807) is 48.5 Å². The van der Waals surface area contributed by atoms with E-state index < -0.39 is 20.4 Å². The number of hydrogen-bond acceptors (Lipinski definition) is 4. The maximum Gasteiger partial charge on any atom is 0.336 e. The van der Waals surface area contributed by atoms with Gasteiger partial charge in [-0.3, -0.25) is 4.79 Å². The number of carbonyl (C=O) groups excluding carboxylic acids is 2. The van der Waals surface area contributed by atoms with Crippen LogP contribution in [0.3, 0.4) is 0 Å². The fraction of sp³-hybridized carbons (Fsp3) is 0.238. The molecule has 7 heteroatoms. The molecule has 4 nitrogen and oxygen atoms in total. The molecular weight excluding hydrogens is 415 g/mol. The van der Waals surface area contributed by atoms with Gasteiger partial charge in [-0.15, -0.1) is 0 Å². The summed E-state index contributed by atoms with van der Waals surface area (Å²) in [6.07, 6.45) is 0.529. The minimum Gasteiger partial charge on any atom is -0.466 e. The first-order chi connectivity index (χ1) is 13.1. The Morgan fingerprint density at radius 2 is 1.43 bits per heavy atom. The highest BCUT2D eigenvalue weighted by Gasteiger charge is 2.30. The summed E-state index contributed by atoms with van der Waals surface area (Å²) in [6, 6.07) is 13.4. The van der Waals surface area contributed by atoms with E-state index in [1.165, 1.54) is 13.2 Å². The quantitative estimate of drug-likeness (QED) is 0.235. The van der Waals surface area contributed by atoms with Crippen LogP contribution in [0.1, 0.15) is 22.0 Å². The van der Waals surface area contributed by atoms with Gasteiger partial charge in [0.05, 0.1) is 12.7 Å². The largest absolute Gasteiger partial charge is 0.466 e. The van der Waals surface area contributed by atoms with Crippen LogP contribution in [-0.2, 0) is 14.0 Å². The summed E-state index contributed by atoms with van der Waals surface area (Å²) in [7, 11) is -0.812. The zero-order valence-electron chi connectivity index (χ0n) is 16.2. The summed E-state index contributed by atoms with van der Waals surface area (Å²) in [4.78, 5) is 25.3. The Kier molecular flexibility index (Phi) is 7.60. The molecule has 2 aromatic rings. The Bertz CT molecular complexity index is 869. The lowest BCUT2D eigenvalue weighted by atomic mass is 9.99. The second-order valence-corrected chi connectivity index (χ2v) is 12.5. The normalized spacial score (nSPS) is 13.1. The molecule has 0 aliphatic rings. The van der Waals surface area contributed by atoms with Crippen LogP contribution in [0.5, 0.6) is 0 Å². The highest BCUT2D eigenvalue weighted by Crippen LogP contribution is 2.31. The first kappa shape index (κ1) is 22.4. The lowest BCUT2D eigenvalue weighted by Crippen LogP contribution is -2.31. The minimum atomic E-state index is -2.09. The van der Waals surface area contributed by atoms with E-state index in [2.05, 4.69) is 0 Å². The van der Waals surface area contributed by atoms with Gasteiger partial charge in [-0.25, -0.2) is 4.79 Å². The van der Waals surface area contributed by atoms with Gasteiger partial charge in [0.15, 0.2) is 14.1 Å². The Labute approximate surface area is 176 Å². The molecule has 0 fully saturated rings. The molecule has 0 heterocycles. The molecule has 0 spiro atoms. The monoisotopic (exact) mass is 436 g/mol. The number of allylic oxidation sites excluding steroid dienone is 1. The number of benzene rings is 2. The Morgan fingerprint density at radius 3 is 1.89 bits per heavy atom. The second-order valence-electron chi connectivity index (χ2n) is 7.12. The van der Waals surface area contributed by atoms with Crippen LogP contribution in [0.4, 0.5) is 0 Å². The molecule has 0 saturated carbocycles. The summed E-state index contributed by atoms with van der Waals surface area (Å²) in [5.41, 5.74) is 1.26. The number of ether oxygens (including phenoxy) is 1. The van der Waals surface area contributed by atoms with Gasteiger partial charge in [-0.05, 0) is 67.7 Å². The van der Waals surface area contributed by atoms with Crippen LogP contribution in [0.2, 0.25) is 29.7 Å². The number of rotatable bonds is 7. The molecule has 0 aromatic heterocycles. The van der Waals surface area contributed by atoms with Gasteiger partial charge in [0.2, 0.25) is 0 Å². The number of carbonyl (C=O) groups is 2. The van der Waals surface area contributed by atoms with Crippen molar-refractivity contribution in [3.05, 3.63) is 81.4 Å². The Morgan fingerprint density at radius 1 is 0.929 bits per heavy atom. The van der Waals surface area contributed by atoms with E-state index in [0.29, 0.717) is 21.2 Å². The van der Waals surface area contributed by atoms with Crippen molar-refractivity contribution in [2.75, 3.05) is 7.11 Å². The third-order valence-electron chi connectivity index (χ3n) is 3.76. The van der Waals surface area contributed by atoms with Crippen molar-refractivity contribution in [3.63, 3.8) is 0 Å². The maximum atomic E-state index is 12.7. The van der Waals surface area contributed by atoms with Gasteiger partial charge in [-0.1, -0.05) is 35.3 Å². The van der Waals surface area contributed by atoms with Crippen LogP contribution >= 0.6 is 23.2 Å². The average molecular weight is 437 g/mol. The number of hydrogen-bond donors (Lipinski definition) is 0. The molecule has 2 aromatic carbocycles. The molecule has 28 heavy (non-hydrogen) atoms. The van der Waals surface area contributed by atoms with Gasteiger partial charge in [-0.2, -0.15) is 0 Å². The zero-order chi connectivity index (χ0) is 20.9. The highest BCUT2D eigenvalue weighted by atomic mass is 35.5. The summed E-state index contributed by atoms with van der Waals surface area (Å²) in [5, 5.41) is 1.09. The van der Waals surface area contributed by atoms with Gasteiger partial charge in [0.25, 0.3) is 0 Å². The van der Waals surface area contributed by atoms with Crippen LogP contribution in [0.25, 0.3) is 0 Å². The van der Waals surface area contributed by atoms with Crippen molar-refractivity contribution in [1.82, 2.24) is 0 Å². The molecule has 0 radical (unpaired) electrons. The van der Waals surface area contributed by atoms with Crippen molar-refractivity contribution < 1.29 is 18.8 Å². The van der Waals surface area contributed by atoms with Crippen molar-refractivity contribution in [1.29, 1.82) is 0 Å². The van der Waals surface area contributed by atoms with E-state index in [1.807, 2.05) is 19.6 Å². The van der Waals surface area contributed by atoms with Crippen LogP contribution in [0, 0.1) is 0 Å². The minimum absolute atomic E-state index is 0.132. The number of esters is 1. The standard InChI is InChI=1S/C21H22Cl2O4Si/c1-26-21(25)18(13-19(24)14-5-9-16(22)10-6-14)20(27-28(2,3)4)15-7-11-17(23)12-8-15/h5-13,20H,1-4H3/b18-13-. The maximum absolute atomic E-state index is 12.7. The van der Waals surface area contributed by atoms with Gasteiger partial charge in [0, 0.05) is 15.6 Å². The number of ketones is 1. The highest BCUT2D eigenvalue weighted by molar-refractivity contribution is 6.69. The van der Waals surface area contributed by atoms with E-state index in [4.69, 9.17) is 32.4 Å². The molecule has 2 rings (SSSR count). The predicted molar refractivity (Wildman–Crippen MR) is 115 cm³/mol. The fourth-order valence-corrected chi connectivity index (χ4v) is 3.72. The SMILES string of the molecule is COC(=O)/C(=C\C(=O)c1ccc(Cl)cc1)C(O[Si](C)(C)C)c1ccc(Cl)cc1. The topological polar surface area (TPSA) is 52.6 Å². The van der Waals surface area contributed by atoms with Crippen molar-refractivity contribution in [3.8, 4) is 0 Å². The van der Waals surface area contributed by atoms with E-state index in [-0.39, 0.29) is 11.4 Å². The predicted octanol–water partition coefficient (Wildman–Crippen LogP) is 5.87. The molecular formula is C21H22Cl2O4Si. The summed E-state index contributed by atoms with van der Waals surface area (Å²) in [5.74, 6) is -0.962. The van der Waals surface area contributed by atoms with Crippen LogP contribution in [0.15, 0.2) is 60.2 Å². The van der Waals surface area contributed by atoms with Gasteiger partial charge in [0.1, 0.15) is 6.10 Å². The molecule has 148 valence electrons. The summed E-state index contributed by atoms with van der Waals surface area (Å²) >= 11 is 11.9. The lowest BCUT2D eigenvalue weighted by molar-refractivity contribution is -0.137. The van der Waals surface area contributed by atoms with Crippen molar-refractivity contribution in [2.45, 2.75) is 25.7 Å². The molecule has 1 unspecified atom stereocenters. The average Bonchev–Trinajstić information content (AvgIpc) is 2.64. The number of halogens is 2. The van der Waals surface area contributed by atoms with Crippen molar-refractivity contribution >= 4 is 43.3 Å². The van der Waals surface area contributed by atoms with Crippen molar-refractivity contribution in [2.24, 2.45) is 0 Å². The second kappa shape index (κ2) is 9.52. The summed E-state index contributed by atoms with van der Waals surface area (Å²) in [6.45, 7) is 6.02. The Hall–Kier alpha value is -1.92. The third-order valence-corrected chi connectivity index (χ3v) is 5.21. The molecule has 0 N–H and O–H groups in total. The fourth-order valence-electron chi connectivity index (χ4n) is 2.50. The third kappa shape index (κ3) is 6.31. The van der Waals surface area contributed by atoms with Crippen LogP contribution in [-0.4, -0.2) is 27.2 Å². The Balaban J connectivity index is 2.53. The summed E-state index contributed by atoms with van der Waals surface area (Å²) < 4.78 is 11.2. The zero-order valence-corrected chi connectivity index (χ0v) is 18.7. The molecule has 1 atom stereocenters. The first-order valence-electron chi connectivity index (χ1n) is 8.64. The molecule has 0 saturated heterocycles.